The topological polar surface area (TPSA) is 187 Å². The van der Waals surface area contributed by atoms with Crippen molar-refractivity contribution >= 4 is 41.2 Å². The normalized spacial score (nSPS) is 9.73. The summed E-state index contributed by atoms with van der Waals surface area (Å²) in [5.41, 5.74) is 0. The molecule has 0 rings (SSSR count). The van der Waals surface area contributed by atoms with Crippen LogP contribution in [0.1, 0.15) is 0 Å². The zero-order valence-electron chi connectivity index (χ0n) is 11.6. The standard InChI is InChI=1S/C10H16N2O8.Al.H2O/c13-7(14)3-11(4-8(15)16)1-2-12(5-9(17)18)6-10(19)20;;/h1-6H2,(H,13,14)(H,15,16)(H,17,18)(H,19,20);;1H2. The van der Waals surface area contributed by atoms with Gasteiger partial charge in [0.1, 0.15) is 0 Å². The molecule has 3 radical (unpaired) electrons. The predicted octanol–water partition coefficient (Wildman–Crippen LogP) is -3.28. The highest BCUT2D eigenvalue weighted by Crippen LogP contribution is 1.94. The number of nitrogens with zero attached hydrogens (tertiary/aromatic N) is 2. The first-order valence-corrected chi connectivity index (χ1v) is 5.52. The van der Waals surface area contributed by atoms with E-state index in [1.807, 2.05) is 0 Å². The van der Waals surface area contributed by atoms with Crippen LogP contribution in [0.15, 0.2) is 0 Å². The van der Waals surface area contributed by atoms with Crippen molar-refractivity contribution in [1.82, 2.24) is 9.80 Å². The van der Waals surface area contributed by atoms with Crippen molar-refractivity contribution in [1.29, 1.82) is 0 Å². The second-order valence-corrected chi connectivity index (χ2v) is 4.00. The lowest BCUT2D eigenvalue weighted by Crippen LogP contribution is -2.43. The zero-order valence-corrected chi connectivity index (χ0v) is 12.8. The summed E-state index contributed by atoms with van der Waals surface area (Å²) in [6.07, 6.45) is 0. The van der Waals surface area contributed by atoms with Crippen molar-refractivity contribution in [2.75, 3.05) is 39.3 Å². The van der Waals surface area contributed by atoms with Crippen LogP contribution in [0.2, 0.25) is 0 Å². The van der Waals surface area contributed by atoms with E-state index < -0.39 is 50.1 Å². The van der Waals surface area contributed by atoms with Gasteiger partial charge in [-0.25, -0.2) is 0 Å². The Kier molecular flexibility index (Phi) is 14.9. The van der Waals surface area contributed by atoms with Crippen molar-refractivity contribution in [3.63, 3.8) is 0 Å². The lowest BCUT2D eigenvalue weighted by Gasteiger charge is -2.23. The molecule has 0 unspecified atom stereocenters. The van der Waals surface area contributed by atoms with E-state index in [1.54, 1.807) is 0 Å². The molecule has 22 heavy (non-hydrogen) atoms. The van der Waals surface area contributed by atoms with Crippen LogP contribution < -0.4 is 0 Å². The molecule has 0 saturated heterocycles. The summed E-state index contributed by atoms with van der Waals surface area (Å²) in [5, 5.41) is 34.5. The Balaban J connectivity index is -0.00000180. The Bertz CT molecular complexity index is 323. The van der Waals surface area contributed by atoms with Gasteiger partial charge in [0.2, 0.25) is 0 Å². The van der Waals surface area contributed by atoms with Crippen molar-refractivity contribution in [3.8, 4) is 0 Å². The second kappa shape index (κ2) is 13.0. The summed E-state index contributed by atoms with van der Waals surface area (Å²) in [5.74, 6) is -4.91. The minimum Gasteiger partial charge on any atom is -0.480 e. The molecular formula is C10H18AlN2O9. The highest BCUT2D eigenvalue weighted by Gasteiger charge is 2.17. The van der Waals surface area contributed by atoms with Gasteiger partial charge in [-0.3, -0.25) is 29.0 Å². The fourth-order valence-electron chi connectivity index (χ4n) is 1.48. The van der Waals surface area contributed by atoms with Crippen molar-refractivity contribution in [3.05, 3.63) is 0 Å². The number of aliphatic carboxylic acids is 4. The van der Waals surface area contributed by atoms with Crippen LogP contribution >= 0.6 is 0 Å². The van der Waals surface area contributed by atoms with E-state index in [1.165, 1.54) is 0 Å². The number of carboxylic acids is 4. The van der Waals surface area contributed by atoms with Crippen LogP contribution in [0.25, 0.3) is 0 Å². The van der Waals surface area contributed by atoms with Crippen LogP contribution in [0.5, 0.6) is 0 Å². The summed E-state index contributed by atoms with van der Waals surface area (Å²) in [4.78, 5) is 44.4. The number of hydrogen-bond donors (Lipinski definition) is 4. The lowest BCUT2D eigenvalue weighted by molar-refractivity contribution is -0.145. The third-order valence-corrected chi connectivity index (χ3v) is 2.17. The number of carboxylic acid groups (broad SMARTS) is 4. The second-order valence-electron chi connectivity index (χ2n) is 4.00. The third-order valence-electron chi connectivity index (χ3n) is 2.17. The molecule has 0 aromatic heterocycles. The van der Waals surface area contributed by atoms with Crippen LogP contribution in [-0.2, 0) is 19.2 Å². The smallest absolute Gasteiger partial charge is 0.317 e. The van der Waals surface area contributed by atoms with E-state index in [-0.39, 0.29) is 35.9 Å². The highest BCUT2D eigenvalue weighted by atomic mass is 27.0. The average molecular weight is 337 g/mol. The van der Waals surface area contributed by atoms with Crippen molar-refractivity contribution < 1.29 is 45.1 Å². The van der Waals surface area contributed by atoms with E-state index >= 15 is 0 Å². The first-order chi connectivity index (χ1) is 9.20. The molecule has 0 aliphatic carbocycles. The molecule has 0 aromatic rings. The molecule has 12 heteroatoms. The predicted molar refractivity (Wildman–Crippen MR) is 72.8 cm³/mol. The van der Waals surface area contributed by atoms with E-state index in [0.29, 0.717) is 0 Å². The maximum Gasteiger partial charge on any atom is 0.317 e. The summed E-state index contributed by atoms with van der Waals surface area (Å²) in [7, 11) is 0. The molecule has 0 aliphatic rings. The van der Waals surface area contributed by atoms with Crippen molar-refractivity contribution in [2.45, 2.75) is 0 Å². The van der Waals surface area contributed by atoms with Crippen LogP contribution in [-0.4, -0.2) is 116 Å². The van der Waals surface area contributed by atoms with E-state index in [9.17, 15) is 19.2 Å². The highest BCUT2D eigenvalue weighted by molar-refractivity contribution is 5.75. The summed E-state index contributed by atoms with van der Waals surface area (Å²) < 4.78 is 0. The third kappa shape index (κ3) is 14.7. The molecule has 0 aromatic carbocycles. The maximum atomic E-state index is 10.6. The van der Waals surface area contributed by atoms with Crippen LogP contribution in [0.3, 0.4) is 0 Å². The molecule has 0 fully saturated rings. The Labute approximate surface area is 136 Å². The minimum atomic E-state index is -1.23. The van der Waals surface area contributed by atoms with E-state index in [0.717, 1.165) is 9.80 Å². The summed E-state index contributed by atoms with van der Waals surface area (Å²) in [6, 6.07) is 0. The van der Waals surface area contributed by atoms with Gasteiger partial charge in [0.05, 0.1) is 26.2 Å². The molecule has 11 nitrogen and oxygen atoms in total. The fourth-order valence-corrected chi connectivity index (χ4v) is 1.48. The molecule has 0 atom stereocenters. The first-order valence-electron chi connectivity index (χ1n) is 5.52. The largest absolute Gasteiger partial charge is 0.480 e. The van der Waals surface area contributed by atoms with Gasteiger partial charge in [-0.05, 0) is 0 Å². The summed E-state index contributed by atoms with van der Waals surface area (Å²) in [6.45, 7) is -2.25. The lowest BCUT2D eigenvalue weighted by atomic mass is 10.4. The fraction of sp³-hybridized carbons (Fsp3) is 0.600. The average Bonchev–Trinajstić information content (AvgIpc) is 2.22. The van der Waals surface area contributed by atoms with Gasteiger partial charge in [-0.2, -0.15) is 0 Å². The van der Waals surface area contributed by atoms with Gasteiger partial charge in [0, 0.05) is 30.5 Å². The van der Waals surface area contributed by atoms with Crippen LogP contribution in [0.4, 0.5) is 0 Å². The summed E-state index contributed by atoms with van der Waals surface area (Å²) >= 11 is 0. The number of rotatable bonds is 11. The van der Waals surface area contributed by atoms with Gasteiger partial charge < -0.3 is 25.9 Å². The minimum absolute atomic E-state index is 0. The quantitative estimate of drug-likeness (QED) is 0.278. The van der Waals surface area contributed by atoms with Gasteiger partial charge in [-0.15, -0.1) is 0 Å². The molecule has 0 saturated carbocycles. The van der Waals surface area contributed by atoms with Gasteiger partial charge in [0.25, 0.3) is 0 Å². The Morgan fingerprint density at radius 2 is 0.773 bits per heavy atom. The Morgan fingerprint density at radius 3 is 0.909 bits per heavy atom. The molecule has 0 heterocycles. The molecule has 0 aliphatic heterocycles. The maximum absolute atomic E-state index is 10.6. The van der Waals surface area contributed by atoms with E-state index in [4.69, 9.17) is 20.4 Å². The van der Waals surface area contributed by atoms with E-state index in [2.05, 4.69) is 0 Å². The Morgan fingerprint density at radius 1 is 0.591 bits per heavy atom. The number of hydrogen-bond acceptors (Lipinski definition) is 6. The molecule has 0 spiro atoms. The molecule has 0 bridgehead atoms. The zero-order chi connectivity index (χ0) is 15.7. The van der Waals surface area contributed by atoms with Gasteiger partial charge in [-0.1, -0.05) is 0 Å². The van der Waals surface area contributed by atoms with Crippen molar-refractivity contribution in [2.24, 2.45) is 0 Å². The molecular weight excluding hydrogens is 319 g/mol. The molecule has 125 valence electrons. The molecule has 6 N–H and O–H groups in total. The molecule has 0 amide bonds. The first kappa shape index (κ1) is 25.3. The van der Waals surface area contributed by atoms with Gasteiger partial charge in [0.15, 0.2) is 0 Å². The van der Waals surface area contributed by atoms with Gasteiger partial charge >= 0.3 is 23.9 Å². The Hall–Kier alpha value is -1.71. The SMILES string of the molecule is O.O=C(O)CN(CCN(CC(=O)O)CC(=O)O)CC(=O)O.[Al]. The number of carbonyl (C=O) groups is 4. The van der Waals surface area contributed by atoms with Crippen LogP contribution in [0, 0.1) is 0 Å². The monoisotopic (exact) mass is 337 g/mol.